The molecule has 2 aromatic carbocycles. The van der Waals surface area contributed by atoms with Crippen LogP contribution >= 0.6 is 0 Å². The second-order valence-electron chi connectivity index (χ2n) is 8.50. The number of rotatable bonds is 11. The molecule has 3 aromatic rings. The molecular formula is C27H35N3O2. The van der Waals surface area contributed by atoms with Crippen LogP contribution in [0.2, 0.25) is 0 Å². The number of hydrogen-bond donors (Lipinski definition) is 1. The van der Waals surface area contributed by atoms with E-state index in [1.54, 1.807) is 0 Å². The van der Waals surface area contributed by atoms with Gasteiger partial charge in [0.25, 0.3) is 5.91 Å². The minimum absolute atomic E-state index is 0.379. The number of carbonyl (C=O) groups is 1. The summed E-state index contributed by atoms with van der Waals surface area (Å²) in [6.07, 6.45) is 4.06. The summed E-state index contributed by atoms with van der Waals surface area (Å²) in [7, 11) is 4.16. The first kappa shape index (κ1) is 23.6. The van der Waals surface area contributed by atoms with Gasteiger partial charge in [0.15, 0.2) is 0 Å². The Morgan fingerprint density at radius 1 is 1.03 bits per heavy atom. The van der Waals surface area contributed by atoms with Crippen LogP contribution in [0.4, 0.5) is 0 Å². The SMILES string of the molecule is CCCCc1c(-c2cccc(Oc3ccccc3)c2)c(C(N)=O)c(C)n1CCCN(C)C. The summed E-state index contributed by atoms with van der Waals surface area (Å²) in [6.45, 7) is 6.06. The highest BCUT2D eigenvalue weighted by Crippen LogP contribution is 2.36. The summed E-state index contributed by atoms with van der Waals surface area (Å²) in [5.74, 6) is 1.14. The number of para-hydroxylation sites is 1. The number of nitrogens with two attached hydrogens (primary N) is 1. The largest absolute Gasteiger partial charge is 0.457 e. The van der Waals surface area contributed by atoms with E-state index in [0.717, 1.165) is 67.1 Å². The zero-order chi connectivity index (χ0) is 23.1. The van der Waals surface area contributed by atoms with Crippen LogP contribution in [0.1, 0.15) is 47.9 Å². The molecule has 1 amide bonds. The van der Waals surface area contributed by atoms with Crippen molar-refractivity contribution in [1.29, 1.82) is 0 Å². The van der Waals surface area contributed by atoms with E-state index in [9.17, 15) is 4.79 Å². The molecule has 0 spiro atoms. The van der Waals surface area contributed by atoms with Crippen molar-refractivity contribution >= 4 is 5.91 Å². The normalized spacial score (nSPS) is 11.2. The number of primary amides is 1. The Kier molecular flexibility index (Phi) is 8.12. The molecule has 5 nitrogen and oxygen atoms in total. The van der Waals surface area contributed by atoms with E-state index in [2.05, 4.69) is 30.5 Å². The number of nitrogens with zero attached hydrogens (tertiary/aromatic N) is 2. The minimum atomic E-state index is -0.379. The first-order valence-corrected chi connectivity index (χ1v) is 11.4. The molecule has 5 heteroatoms. The molecular weight excluding hydrogens is 398 g/mol. The molecule has 170 valence electrons. The Hall–Kier alpha value is -3.05. The maximum absolute atomic E-state index is 12.6. The van der Waals surface area contributed by atoms with Crippen LogP contribution in [0.25, 0.3) is 11.1 Å². The molecule has 0 atom stereocenters. The Bertz CT molecular complexity index is 1040. The average Bonchev–Trinajstić information content (AvgIpc) is 3.04. The quantitative estimate of drug-likeness (QED) is 0.425. The van der Waals surface area contributed by atoms with Crippen LogP contribution in [-0.2, 0) is 13.0 Å². The molecule has 0 saturated heterocycles. The maximum atomic E-state index is 12.6. The van der Waals surface area contributed by atoms with Crippen molar-refractivity contribution in [3.63, 3.8) is 0 Å². The third-order valence-electron chi connectivity index (χ3n) is 5.73. The fourth-order valence-electron chi connectivity index (χ4n) is 4.20. The molecule has 0 radical (unpaired) electrons. The summed E-state index contributed by atoms with van der Waals surface area (Å²) in [4.78, 5) is 14.8. The summed E-state index contributed by atoms with van der Waals surface area (Å²) in [6, 6.07) is 17.7. The van der Waals surface area contributed by atoms with E-state index in [4.69, 9.17) is 10.5 Å². The monoisotopic (exact) mass is 433 g/mol. The van der Waals surface area contributed by atoms with Gasteiger partial charge in [0.1, 0.15) is 11.5 Å². The number of carbonyl (C=O) groups excluding carboxylic acids is 1. The standard InChI is InChI=1S/C27H35N3O2/c1-5-6-16-24-26(25(27(28)31)20(2)30(24)18-11-17-29(3)4)21-12-10-15-23(19-21)32-22-13-8-7-9-14-22/h7-10,12-15,19H,5-6,11,16-18H2,1-4H3,(H2,28,31). The number of unbranched alkanes of at least 4 members (excludes halogenated alkanes) is 1. The molecule has 0 fully saturated rings. The van der Waals surface area contributed by atoms with Crippen LogP contribution < -0.4 is 10.5 Å². The van der Waals surface area contributed by atoms with Crippen molar-refractivity contribution in [2.45, 2.75) is 46.1 Å². The third kappa shape index (κ3) is 5.60. The summed E-state index contributed by atoms with van der Waals surface area (Å²) in [5, 5.41) is 0. The maximum Gasteiger partial charge on any atom is 0.251 e. The molecule has 0 aliphatic rings. The molecule has 32 heavy (non-hydrogen) atoms. The van der Waals surface area contributed by atoms with Gasteiger partial charge in [0, 0.05) is 23.5 Å². The van der Waals surface area contributed by atoms with Gasteiger partial charge in [-0.05, 0) is 76.7 Å². The van der Waals surface area contributed by atoms with E-state index in [0.29, 0.717) is 5.56 Å². The van der Waals surface area contributed by atoms with Crippen molar-refractivity contribution in [1.82, 2.24) is 9.47 Å². The predicted molar refractivity (Wildman–Crippen MR) is 131 cm³/mol. The second kappa shape index (κ2) is 11.0. The highest BCUT2D eigenvalue weighted by Gasteiger charge is 2.24. The molecule has 0 unspecified atom stereocenters. The van der Waals surface area contributed by atoms with E-state index >= 15 is 0 Å². The van der Waals surface area contributed by atoms with Gasteiger partial charge >= 0.3 is 0 Å². The summed E-state index contributed by atoms with van der Waals surface area (Å²) in [5.41, 5.74) is 10.6. The number of amides is 1. The Balaban J connectivity index is 2.07. The summed E-state index contributed by atoms with van der Waals surface area (Å²) < 4.78 is 8.37. The van der Waals surface area contributed by atoms with Crippen molar-refractivity contribution in [2.24, 2.45) is 5.73 Å². The Labute approximate surface area is 191 Å². The van der Waals surface area contributed by atoms with Gasteiger partial charge in [0.2, 0.25) is 0 Å². The lowest BCUT2D eigenvalue weighted by molar-refractivity contribution is 0.1000. The Morgan fingerprint density at radius 3 is 2.41 bits per heavy atom. The van der Waals surface area contributed by atoms with Gasteiger partial charge < -0.3 is 19.9 Å². The van der Waals surface area contributed by atoms with Gasteiger partial charge in [-0.2, -0.15) is 0 Å². The van der Waals surface area contributed by atoms with Crippen LogP contribution in [0.5, 0.6) is 11.5 Å². The molecule has 0 bridgehead atoms. The number of hydrogen-bond acceptors (Lipinski definition) is 3. The smallest absolute Gasteiger partial charge is 0.251 e. The molecule has 1 aromatic heterocycles. The van der Waals surface area contributed by atoms with Crippen molar-refractivity contribution in [3.05, 3.63) is 71.5 Å². The fraction of sp³-hybridized carbons (Fsp3) is 0.370. The fourth-order valence-corrected chi connectivity index (χ4v) is 4.20. The first-order valence-electron chi connectivity index (χ1n) is 11.4. The van der Waals surface area contributed by atoms with E-state index < -0.39 is 0 Å². The van der Waals surface area contributed by atoms with Crippen molar-refractivity contribution < 1.29 is 9.53 Å². The van der Waals surface area contributed by atoms with Gasteiger partial charge in [-0.25, -0.2) is 0 Å². The number of ether oxygens (including phenoxy) is 1. The predicted octanol–water partition coefficient (Wildman–Crippen LogP) is 5.65. The van der Waals surface area contributed by atoms with Gasteiger partial charge in [-0.1, -0.05) is 43.7 Å². The van der Waals surface area contributed by atoms with Crippen LogP contribution in [0.3, 0.4) is 0 Å². The van der Waals surface area contributed by atoms with E-state index in [-0.39, 0.29) is 5.91 Å². The van der Waals surface area contributed by atoms with Crippen LogP contribution in [-0.4, -0.2) is 36.0 Å². The lowest BCUT2D eigenvalue weighted by Gasteiger charge is -2.15. The zero-order valence-electron chi connectivity index (χ0n) is 19.7. The highest BCUT2D eigenvalue weighted by molar-refractivity contribution is 6.02. The average molecular weight is 434 g/mol. The molecule has 3 rings (SSSR count). The van der Waals surface area contributed by atoms with Gasteiger partial charge in [-0.3, -0.25) is 4.79 Å². The van der Waals surface area contributed by atoms with Gasteiger partial charge in [-0.15, -0.1) is 0 Å². The zero-order valence-corrected chi connectivity index (χ0v) is 19.7. The molecule has 0 aliphatic heterocycles. The highest BCUT2D eigenvalue weighted by atomic mass is 16.5. The van der Waals surface area contributed by atoms with E-state index in [1.807, 2.05) is 61.5 Å². The molecule has 0 saturated carbocycles. The van der Waals surface area contributed by atoms with E-state index in [1.165, 1.54) is 5.69 Å². The molecule has 0 aliphatic carbocycles. The first-order chi connectivity index (χ1) is 15.4. The van der Waals surface area contributed by atoms with Gasteiger partial charge in [0.05, 0.1) is 5.56 Å². The second-order valence-corrected chi connectivity index (χ2v) is 8.50. The lowest BCUT2D eigenvalue weighted by Crippen LogP contribution is -2.17. The number of benzene rings is 2. The minimum Gasteiger partial charge on any atom is -0.457 e. The topological polar surface area (TPSA) is 60.5 Å². The lowest BCUT2D eigenvalue weighted by atomic mass is 9.97. The Morgan fingerprint density at radius 2 is 1.75 bits per heavy atom. The van der Waals surface area contributed by atoms with Crippen LogP contribution in [0.15, 0.2) is 54.6 Å². The number of aromatic nitrogens is 1. The van der Waals surface area contributed by atoms with Crippen LogP contribution in [0, 0.1) is 6.92 Å². The van der Waals surface area contributed by atoms with Crippen molar-refractivity contribution in [3.8, 4) is 22.6 Å². The summed E-state index contributed by atoms with van der Waals surface area (Å²) >= 11 is 0. The molecule has 2 N–H and O–H groups in total. The van der Waals surface area contributed by atoms with Crippen molar-refractivity contribution in [2.75, 3.05) is 20.6 Å². The molecule has 1 heterocycles. The third-order valence-corrected chi connectivity index (χ3v) is 5.73.